The van der Waals surface area contributed by atoms with Crippen LogP contribution in [-0.4, -0.2) is 85.4 Å². The molecular formula is C33H38F2N4O2. The van der Waals surface area contributed by atoms with E-state index in [0.717, 1.165) is 56.0 Å². The van der Waals surface area contributed by atoms with Crippen molar-refractivity contribution in [2.75, 3.05) is 58.9 Å². The molecule has 2 aliphatic heterocycles. The molecule has 2 aromatic carbocycles. The zero-order valence-electron chi connectivity index (χ0n) is 23.5. The summed E-state index contributed by atoms with van der Waals surface area (Å²) in [6, 6.07) is 12.8. The van der Waals surface area contributed by atoms with Crippen molar-refractivity contribution >= 4 is 17.4 Å². The highest BCUT2D eigenvalue weighted by atomic mass is 19.1. The minimum absolute atomic E-state index is 0.00135. The standard InChI is InChI=1S/C33H38F2N4O2/c1-2-3-5-31(40)36-17-21-38-24-22-37(23-25-38)18-4-6-32(41)39-19-15-28(16-20-39)33(26-7-11-29(34)12-8-26)27-9-13-30(35)14-10-27/h1,4,6-14H,3,5,15-25H2,(H,36,40)/b6-4+. The van der Waals surface area contributed by atoms with E-state index in [1.807, 2.05) is 11.0 Å². The van der Waals surface area contributed by atoms with Crippen LogP contribution in [0.4, 0.5) is 8.78 Å². The number of halogens is 2. The van der Waals surface area contributed by atoms with E-state index in [2.05, 4.69) is 21.0 Å². The summed E-state index contributed by atoms with van der Waals surface area (Å²) >= 11 is 0. The third-order valence-corrected chi connectivity index (χ3v) is 7.63. The predicted octanol–water partition coefficient (Wildman–Crippen LogP) is 4.09. The fourth-order valence-corrected chi connectivity index (χ4v) is 5.29. The normalized spacial score (nSPS) is 16.5. The van der Waals surface area contributed by atoms with Crippen LogP contribution in [-0.2, 0) is 9.59 Å². The van der Waals surface area contributed by atoms with Crippen LogP contribution in [0.1, 0.15) is 36.8 Å². The van der Waals surface area contributed by atoms with Crippen molar-refractivity contribution in [2.24, 2.45) is 0 Å². The molecule has 0 spiro atoms. The van der Waals surface area contributed by atoms with Gasteiger partial charge >= 0.3 is 0 Å². The van der Waals surface area contributed by atoms with Gasteiger partial charge in [0.05, 0.1) is 0 Å². The van der Waals surface area contributed by atoms with Gasteiger partial charge in [-0.3, -0.25) is 19.4 Å². The van der Waals surface area contributed by atoms with Crippen LogP contribution in [0.3, 0.4) is 0 Å². The summed E-state index contributed by atoms with van der Waals surface area (Å²) in [7, 11) is 0. The summed E-state index contributed by atoms with van der Waals surface area (Å²) in [4.78, 5) is 31.1. The second kappa shape index (κ2) is 15.3. The second-order valence-electron chi connectivity index (χ2n) is 10.4. The van der Waals surface area contributed by atoms with Gasteiger partial charge in [0.1, 0.15) is 11.6 Å². The van der Waals surface area contributed by atoms with E-state index < -0.39 is 0 Å². The van der Waals surface area contributed by atoms with Gasteiger partial charge < -0.3 is 10.2 Å². The molecule has 4 rings (SSSR count). The molecule has 1 N–H and O–H groups in total. The van der Waals surface area contributed by atoms with Crippen molar-refractivity contribution in [2.45, 2.75) is 25.7 Å². The van der Waals surface area contributed by atoms with Crippen LogP contribution in [0.25, 0.3) is 5.57 Å². The lowest BCUT2D eigenvalue weighted by molar-refractivity contribution is -0.126. The number of likely N-dealkylation sites (tertiary alicyclic amines) is 1. The topological polar surface area (TPSA) is 55.9 Å². The molecule has 2 saturated heterocycles. The van der Waals surface area contributed by atoms with Gasteiger partial charge in [0.2, 0.25) is 11.8 Å². The van der Waals surface area contributed by atoms with E-state index in [9.17, 15) is 18.4 Å². The molecule has 216 valence electrons. The van der Waals surface area contributed by atoms with Crippen molar-refractivity contribution in [1.29, 1.82) is 0 Å². The first-order chi connectivity index (χ1) is 19.9. The summed E-state index contributed by atoms with van der Waals surface area (Å²) in [5.41, 5.74) is 3.94. The number of carbonyl (C=O) groups excluding carboxylic acids is 2. The Labute approximate surface area is 241 Å². The van der Waals surface area contributed by atoms with Gasteiger partial charge in [0, 0.05) is 77.8 Å². The van der Waals surface area contributed by atoms with Gasteiger partial charge in [0.25, 0.3) is 0 Å². The van der Waals surface area contributed by atoms with E-state index in [4.69, 9.17) is 6.42 Å². The maximum absolute atomic E-state index is 13.6. The molecule has 0 unspecified atom stereocenters. The smallest absolute Gasteiger partial charge is 0.246 e. The molecule has 0 bridgehead atoms. The maximum atomic E-state index is 13.6. The summed E-state index contributed by atoms with van der Waals surface area (Å²) < 4.78 is 27.2. The predicted molar refractivity (Wildman–Crippen MR) is 158 cm³/mol. The first kappa shape index (κ1) is 30.2. The molecular weight excluding hydrogens is 522 g/mol. The number of hydrogen-bond donors (Lipinski definition) is 1. The molecule has 2 heterocycles. The lowest BCUT2D eigenvalue weighted by atomic mass is 9.88. The molecule has 2 amide bonds. The highest BCUT2D eigenvalue weighted by molar-refractivity contribution is 5.88. The third-order valence-electron chi connectivity index (χ3n) is 7.63. The van der Waals surface area contributed by atoms with Crippen molar-refractivity contribution in [1.82, 2.24) is 20.0 Å². The molecule has 0 atom stereocenters. The van der Waals surface area contributed by atoms with E-state index in [1.165, 1.54) is 29.8 Å². The molecule has 2 aromatic rings. The average Bonchev–Trinajstić information content (AvgIpc) is 2.99. The Hall–Kier alpha value is -3.80. The number of rotatable bonds is 10. The molecule has 0 aliphatic carbocycles. The Morgan fingerprint density at radius 3 is 1.98 bits per heavy atom. The van der Waals surface area contributed by atoms with Gasteiger partial charge in [-0.2, -0.15) is 0 Å². The molecule has 41 heavy (non-hydrogen) atoms. The highest BCUT2D eigenvalue weighted by Crippen LogP contribution is 2.32. The highest BCUT2D eigenvalue weighted by Gasteiger charge is 2.22. The minimum Gasteiger partial charge on any atom is -0.355 e. The number of piperazine rings is 1. The number of amides is 2. The largest absolute Gasteiger partial charge is 0.355 e. The Balaban J connectivity index is 1.24. The fraction of sp³-hybridized carbons (Fsp3) is 0.394. The molecule has 2 aliphatic rings. The monoisotopic (exact) mass is 560 g/mol. The molecule has 2 fully saturated rings. The number of carbonyl (C=O) groups is 2. The molecule has 8 heteroatoms. The van der Waals surface area contributed by atoms with Crippen molar-refractivity contribution in [3.63, 3.8) is 0 Å². The minimum atomic E-state index is -0.302. The molecule has 6 nitrogen and oxygen atoms in total. The number of piperidine rings is 1. The van der Waals surface area contributed by atoms with Crippen LogP contribution in [0.15, 0.2) is 66.3 Å². The third kappa shape index (κ3) is 9.10. The average molecular weight is 561 g/mol. The Morgan fingerprint density at radius 1 is 0.854 bits per heavy atom. The van der Waals surface area contributed by atoms with Crippen LogP contribution in [0, 0.1) is 24.0 Å². The lowest BCUT2D eigenvalue weighted by Gasteiger charge is -2.34. The SMILES string of the molecule is C#CCCC(=O)NCCN1CCN(C/C=C/C(=O)N2CCC(=C(c3ccc(F)cc3)c3ccc(F)cc3)CC2)CC1. The van der Waals surface area contributed by atoms with Gasteiger partial charge in [0.15, 0.2) is 0 Å². The lowest BCUT2D eigenvalue weighted by Crippen LogP contribution is -2.48. The van der Waals surface area contributed by atoms with E-state index in [-0.39, 0.29) is 23.4 Å². The number of hydrogen-bond acceptors (Lipinski definition) is 4. The Kier molecular flexibility index (Phi) is 11.2. The number of benzene rings is 2. The van der Waals surface area contributed by atoms with Crippen LogP contribution >= 0.6 is 0 Å². The van der Waals surface area contributed by atoms with Crippen molar-refractivity contribution in [3.05, 3.63) is 89.0 Å². The zero-order chi connectivity index (χ0) is 29.0. The van der Waals surface area contributed by atoms with Crippen molar-refractivity contribution in [3.8, 4) is 12.3 Å². The molecule has 0 aromatic heterocycles. The fourth-order valence-electron chi connectivity index (χ4n) is 5.29. The van der Waals surface area contributed by atoms with Crippen LogP contribution < -0.4 is 5.32 Å². The van der Waals surface area contributed by atoms with Crippen LogP contribution in [0.5, 0.6) is 0 Å². The quantitative estimate of drug-likeness (QED) is 0.351. The Bertz CT molecular complexity index is 1220. The first-order valence-corrected chi connectivity index (χ1v) is 14.3. The van der Waals surface area contributed by atoms with Crippen LogP contribution in [0.2, 0.25) is 0 Å². The number of terminal acetylenes is 1. The van der Waals surface area contributed by atoms with E-state index >= 15 is 0 Å². The summed E-state index contributed by atoms with van der Waals surface area (Å²) in [6.45, 7) is 7.04. The zero-order valence-corrected chi connectivity index (χ0v) is 23.5. The van der Waals surface area contributed by atoms with Gasteiger partial charge in [-0.15, -0.1) is 12.3 Å². The summed E-state index contributed by atoms with van der Waals surface area (Å²) in [6.07, 6.45) is 11.1. The molecule has 0 saturated carbocycles. The van der Waals surface area contributed by atoms with E-state index in [0.29, 0.717) is 45.3 Å². The first-order valence-electron chi connectivity index (χ1n) is 14.3. The summed E-state index contributed by atoms with van der Waals surface area (Å²) in [5, 5.41) is 2.91. The van der Waals surface area contributed by atoms with Gasteiger partial charge in [-0.25, -0.2) is 8.78 Å². The molecule has 0 radical (unpaired) electrons. The summed E-state index contributed by atoms with van der Waals surface area (Å²) in [5.74, 6) is 1.88. The maximum Gasteiger partial charge on any atom is 0.246 e. The Morgan fingerprint density at radius 2 is 1.41 bits per heavy atom. The second-order valence-corrected chi connectivity index (χ2v) is 10.4. The van der Waals surface area contributed by atoms with Gasteiger partial charge in [-0.1, -0.05) is 35.9 Å². The number of nitrogens with one attached hydrogen (secondary N) is 1. The van der Waals surface area contributed by atoms with Gasteiger partial charge in [-0.05, 0) is 53.8 Å². The van der Waals surface area contributed by atoms with E-state index in [1.54, 1.807) is 30.3 Å². The van der Waals surface area contributed by atoms with Crippen molar-refractivity contribution < 1.29 is 18.4 Å². The number of nitrogens with zero attached hydrogens (tertiary/aromatic N) is 3.